The van der Waals surface area contributed by atoms with Gasteiger partial charge in [0.25, 0.3) is 0 Å². The van der Waals surface area contributed by atoms with Crippen LogP contribution in [0.5, 0.6) is 0 Å². The monoisotopic (exact) mass is 348 g/mol. The van der Waals surface area contributed by atoms with Crippen molar-refractivity contribution in [2.24, 2.45) is 0 Å². The number of allylic oxidation sites excluding steroid dienone is 2. The number of benzene rings is 2. The van der Waals surface area contributed by atoms with Crippen molar-refractivity contribution in [3.63, 3.8) is 0 Å². The van der Waals surface area contributed by atoms with Gasteiger partial charge in [0.1, 0.15) is 0 Å². The molecule has 0 saturated carbocycles. The first-order valence-electron chi connectivity index (χ1n) is 7.30. The fraction of sp³-hybridized carbons (Fsp3) is 0.105. The zero-order valence-electron chi connectivity index (χ0n) is 13.0. The van der Waals surface area contributed by atoms with E-state index in [4.69, 9.17) is 5.11 Å². The maximum atomic E-state index is 12.7. The molecule has 3 nitrogen and oxygen atoms in total. The Hall–Kier alpha value is -2.86. The van der Waals surface area contributed by atoms with Crippen LogP contribution in [0.2, 0.25) is 0 Å². The van der Waals surface area contributed by atoms with Gasteiger partial charge in [0.15, 0.2) is 0 Å². The van der Waals surface area contributed by atoms with Crippen LogP contribution < -0.4 is 0 Å². The number of carbonyl (C=O) groups is 1. The number of rotatable bonds is 5. The predicted octanol–water partition coefficient (Wildman–Crippen LogP) is 4.27. The summed E-state index contributed by atoms with van der Waals surface area (Å²) in [6.07, 6.45) is -0.684. The molecular weight excluding hydrogens is 333 g/mol. The minimum absolute atomic E-state index is 0.181. The first-order valence-corrected chi connectivity index (χ1v) is 7.30. The van der Waals surface area contributed by atoms with Crippen LogP contribution in [0.3, 0.4) is 0 Å². The van der Waals surface area contributed by atoms with E-state index in [1.165, 1.54) is 24.3 Å². The Kier molecular flexibility index (Phi) is 5.77. The average Bonchev–Trinajstić information content (AvgIpc) is 2.58. The van der Waals surface area contributed by atoms with Crippen molar-refractivity contribution in [2.75, 3.05) is 0 Å². The summed E-state index contributed by atoms with van der Waals surface area (Å²) in [7, 11) is 0. The van der Waals surface area contributed by atoms with Gasteiger partial charge in [-0.1, -0.05) is 42.5 Å². The van der Waals surface area contributed by atoms with Gasteiger partial charge in [-0.2, -0.15) is 13.2 Å². The third-order valence-electron chi connectivity index (χ3n) is 3.45. The van der Waals surface area contributed by atoms with Crippen LogP contribution in [0.25, 0.3) is 5.57 Å². The Labute approximate surface area is 142 Å². The zero-order valence-corrected chi connectivity index (χ0v) is 13.0. The molecule has 25 heavy (non-hydrogen) atoms. The van der Waals surface area contributed by atoms with E-state index in [1.807, 2.05) is 0 Å². The normalized spacial score (nSPS) is 12.6. The molecule has 0 amide bonds. The highest BCUT2D eigenvalue weighted by atomic mass is 19.4. The molecule has 0 spiro atoms. The number of hydrogen-bond donors (Lipinski definition) is 2. The summed E-state index contributed by atoms with van der Waals surface area (Å²) in [5, 5.41) is 18.0. The van der Waals surface area contributed by atoms with Gasteiger partial charge in [-0.05, 0) is 40.5 Å². The van der Waals surface area contributed by atoms with Crippen LogP contribution in [0, 0.1) is 0 Å². The van der Waals surface area contributed by atoms with Crippen molar-refractivity contribution in [1.29, 1.82) is 0 Å². The molecule has 2 rings (SSSR count). The molecule has 0 radical (unpaired) electrons. The summed E-state index contributed by atoms with van der Waals surface area (Å²) in [5.74, 6) is -1.13. The molecule has 0 bridgehead atoms. The summed E-state index contributed by atoms with van der Waals surface area (Å²) in [4.78, 5) is 10.6. The highest BCUT2D eigenvalue weighted by molar-refractivity contribution is 5.84. The van der Waals surface area contributed by atoms with Gasteiger partial charge >= 0.3 is 12.1 Å². The van der Waals surface area contributed by atoms with Gasteiger partial charge in [-0.3, -0.25) is 0 Å². The number of alkyl halides is 3. The van der Waals surface area contributed by atoms with E-state index in [2.05, 4.69) is 0 Å². The lowest BCUT2D eigenvalue weighted by Crippen LogP contribution is -2.04. The Morgan fingerprint density at radius 1 is 1.04 bits per heavy atom. The number of aliphatic carboxylic acids is 1. The maximum Gasteiger partial charge on any atom is 0.416 e. The Morgan fingerprint density at radius 3 is 2.28 bits per heavy atom. The van der Waals surface area contributed by atoms with Gasteiger partial charge in [0.2, 0.25) is 0 Å². The Morgan fingerprint density at radius 2 is 1.72 bits per heavy atom. The Bertz CT molecular complexity index is 803. The van der Waals surface area contributed by atoms with Gasteiger partial charge in [0.05, 0.1) is 12.2 Å². The number of aliphatic hydroxyl groups is 1. The van der Waals surface area contributed by atoms with Crippen LogP contribution in [-0.4, -0.2) is 16.2 Å². The molecule has 0 unspecified atom stereocenters. The van der Waals surface area contributed by atoms with Crippen LogP contribution in [0.1, 0.15) is 22.3 Å². The number of halogens is 3. The van der Waals surface area contributed by atoms with Crippen molar-refractivity contribution in [1.82, 2.24) is 0 Å². The lowest BCUT2D eigenvalue weighted by Gasteiger charge is -2.11. The summed E-state index contributed by atoms with van der Waals surface area (Å²) in [6, 6.07) is 11.4. The van der Waals surface area contributed by atoms with Crippen LogP contribution in [0.4, 0.5) is 13.2 Å². The number of carboxylic acids is 1. The van der Waals surface area contributed by atoms with E-state index < -0.39 is 17.7 Å². The van der Waals surface area contributed by atoms with Crippen molar-refractivity contribution >= 4 is 11.5 Å². The molecule has 0 aliphatic carbocycles. The molecule has 6 heteroatoms. The Balaban J connectivity index is 2.49. The summed E-state index contributed by atoms with van der Waals surface area (Å²) >= 11 is 0. The summed E-state index contributed by atoms with van der Waals surface area (Å²) in [5.41, 5.74) is 1.57. The minimum atomic E-state index is -4.43. The van der Waals surface area contributed by atoms with E-state index in [9.17, 15) is 23.1 Å². The lowest BCUT2D eigenvalue weighted by molar-refractivity contribution is -0.137. The van der Waals surface area contributed by atoms with Gasteiger partial charge in [0, 0.05) is 6.08 Å². The first-order chi connectivity index (χ1) is 11.8. The van der Waals surface area contributed by atoms with Crippen molar-refractivity contribution in [3.8, 4) is 0 Å². The standard InChI is InChI=1S/C19H15F3O3/c20-19(21,22)16-9-7-14(8-10-16)17(5-2-6-18(24)25)15-4-1-3-13(11-15)12-23/h1-11,23H,12H2,(H,24,25)/b6-2+,17-5-. The number of hydrogen-bond acceptors (Lipinski definition) is 2. The molecule has 130 valence electrons. The highest BCUT2D eigenvalue weighted by Crippen LogP contribution is 2.31. The smallest absolute Gasteiger partial charge is 0.416 e. The molecule has 0 aliphatic heterocycles. The molecule has 0 aromatic heterocycles. The number of aliphatic hydroxyl groups excluding tert-OH is 1. The minimum Gasteiger partial charge on any atom is -0.478 e. The van der Waals surface area contributed by atoms with Gasteiger partial charge < -0.3 is 10.2 Å². The van der Waals surface area contributed by atoms with Crippen LogP contribution >= 0.6 is 0 Å². The molecule has 0 heterocycles. The van der Waals surface area contributed by atoms with Crippen molar-refractivity contribution in [3.05, 3.63) is 89.0 Å². The fourth-order valence-corrected chi connectivity index (χ4v) is 2.26. The molecule has 2 N–H and O–H groups in total. The molecule has 2 aromatic carbocycles. The second kappa shape index (κ2) is 7.81. The molecule has 2 aromatic rings. The molecule has 0 fully saturated rings. The predicted molar refractivity (Wildman–Crippen MR) is 87.7 cm³/mol. The van der Waals surface area contributed by atoms with Gasteiger partial charge in [-0.25, -0.2) is 4.79 Å². The largest absolute Gasteiger partial charge is 0.478 e. The maximum absolute atomic E-state index is 12.7. The highest BCUT2D eigenvalue weighted by Gasteiger charge is 2.30. The second-order valence-corrected chi connectivity index (χ2v) is 5.21. The lowest BCUT2D eigenvalue weighted by atomic mass is 9.95. The third kappa shape index (κ3) is 5.06. The van der Waals surface area contributed by atoms with E-state index in [0.717, 1.165) is 18.2 Å². The fourth-order valence-electron chi connectivity index (χ4n) is 2.26. The molecule has 0 saturated heterocycles. The summed E-state index contributed by atoms with van der Waals surface area (Å²) < 4.78 is 38.1. The van der Waals surface area contributed by atoms with Crippen molar-refractivity contribution < 1.29 is 28.2 Å². The number of carboxylic acid groups (broad SMARTS) is 1. The van der Waals surface area contributed by atoms with Crippen LogP contribution in [-0.2, 0) is 17.6 Å². The molecular formula is C19H15F3O3. The van der Waals surface area contributed by atoms with Crippen molar-refractivity contribution in [2.45, 2.75) is 12.8 Å². The zero-order chi connectivity index (χ0) is 18.4. The quantitative estimate of drug-likeness (QED) is 0.627. The van der Waals surface area contributed by atoms with E-state index in [-0.39, 0.29) is 6.61 Å². The third-order valence-corrected chi connectivity index (χ3v) is 3.45. The molecule has 0 atom stereocenters. The summed E-state index contributed by atoms with van der Waals surface area (Å²) in [6.45, 7) is -0.181. The first kappa shape index (κ1) is 18.5. The van der Waals surface area contributed by atoms with Crippen LogP contribution in [0.15, 0.2) is 66.8 Å². The average molecular weight is 348 g/mol. The van der Waals surface area contributed by atoms with E-state index in [0.29, 0.717) is 22.3 Å². The topological polar surface area (TPSA) is 57.5 Å². The van der Waals surface area contributed by atoms with E-state index in [1.54, 1.807) is 24.3 Å². The van der Waals surface area contributed by atoms with Gasteiger partial charge in [-0.15, -0.1) is 0 Å². The van der Waals surface area contributed by atoms with E-state index >= 15 is 0 Å². The molecule has 0 aliphatic rings. The SMILES string of the molecule is O=C(O)/C=C/C=C(/c1ccc(C(F)(F)F)cc1)c1cccc(CO)c1. The second-order valence-electron chi connectivity index (χ2n) is 5.21.